The maximum atomic E-state index is 9.69. The van der Waals surface area contributed by atoms with Crippen LogP contribution >= 0.6 is 47.8 Å². The van der Waals surface area contributed by atoms with Gasteiger partial charge >= 0.3 is 0 Å². The van der Waals surface area contributed by atoms with Crippen LogP contribution in [0.15, 0.2) is 0 Å². The van der Waals surface area contributed by atoms with Crippen LogP contribution in [0.5, 0.6) is 0 Å². The van der Waals surface area contributed by atoms with Crippen molar-refractivity contribution in [1.29, 1.82) is 0 Å². The zero-order valence-corrected chi connectivity index (χ0v) is 9.44. The second-order valence-corrected chi connectivity index (χ2v) is 7.60. The van der Waals surface area contributed by atoms with Gasteiger partial charge in [-0.1, -0.05) is 47.8 Å². The summed E-state index contributed by atoms with van der Waals surface area (Å²) in [6.45, 7) is 0. The molecule has 0 aliphatic heterocycles. The molecule has 0 bridgehead atoms. The van der Waals surface area contributed by atoms with Crippen molar-refractivity contribution in [2.75, 3.05) is 0 Å². The standard InChI is InChI=1S/C2HBr3O.Ti/c3-2(4,5)1-6;/h1H;. The van der Waals surface area contributed by atoms with Gasteiger partial charge in [0.1, 0.15) is 0 Å². The largest absolute Gasteiger partial charge is 0.300 e. The molecule has 1 nitrogen and oxygen atoms in total. The first kappa shape index (κ1) is 11.6. The minimum atomic E-state index is -0.701. The summed E-state index contributed by atoms with van der Waals surface area (Å²) < 4.78 is -0.701. The Labute approximate surface area is 81.9 Å². The maximum Gasteiger partial charge on any atom is 0.189 e. The fourth-order valence-electron chi connectivity index (χ4n) is 0. The number of alkyl halides is 3. The summed E-state index contributed by atoms with van der Waals surface area (Å²) in [6, 6.07) is 0. The molecule has 0 saturated carbocycles. The number of hydrogen-bond acceptors (Lipinski definition) is 1. The number of carbonyl (C=O) groups is 1. The van der Waals surface area contributed by atoms with E-state index in [0.717, 1.165) is 0 Å². The van der Waals surface area contributed by atoms with Gasteiger partial charge in [-0.15, -0.1) is 0 Å². The zero-order chi connectivity index (χ0) is 5.21. The van der Waals surface area contributed by atoms with Gasteiger partial charge in [0.25, 0.3) is 0 Å². The smallest absolute Gasteiger partial charge is 0.189 e. The Morgan fingerprint density at radius 2 is 1.43 bits per heavy atom. The van der Waals surface area contributed by atoms with Gasteiger partial charge in [-0.25, -0.2) is 0 Å². The molecule has 0 aromatic carbocycles. The second kappa shape index (κ2) is 4.68. The van der Waals surface area contributed by atoms with Crippen molar-refractivity contribution in [1.82, 2.24) is 0 Å². The molecule has 0 aromatic rings. The Hall–Kier alpha value is 1.82. The van der Waals surface area contributed by atoms with E-state index < -0.39 is 2.14 Å². The van der Waals surface area contributed by atoms with Crippen molar-refractivity contribution in [2.24, 2.45) is 0 Å². The molecule has 0 fully saturated rings. The van der Waals surface area contributed by atoms with Crippen molar-refractivity contribution in [2.45, 2.75) is 2.14 Å². The first-order chi connectivity index (χ1) is 2.56. The molecule has 0 rings (SSSR count). The summed E-state index contributed by atoms with van der Waals surface area (Å²) in [7, 11) is 0. The number of aldehydes is 1. The Morgan fingerprint density at radius 1 is 1.29 bits per heavy atom. The fourth-order valence-corrected chi connectivity index (χ4v) is 0. The summed E-state index contributed by atoms with van der Waals surface area (Å²) in [5.41, 5.74) is 0. The number of carbonyl (C=O) groups excluding carboxylic acids is 1. The van der Waals surface area contributed by atoms with Crippen LogP contribution < -0.4 is 0 Å². The topological polar surface area (TPSA) is 17.1 Å². The number of rotatable bonds is 0. The zero-order valence-electron chi connectivity index (χ0n) is 3.12. The summed E-state index contributed by atoms with van der Waals surface area (Å²) >= 11 is 8.83. The Morgan fingerprint density at radius 3 is 1.43 bits per heavy atom. The maximum absolute atomic E-state index is 9.69. The molecule has 0 aromatic heterocycles. The minimum absolute atomic E-state index is 0. The minimum Gasteiger partial charge on any atom is -0.300 e. The molecule has 0 amide bonds. The van der Waals surface area contributed by atoms with Gasteiger partial charge in [-0.2, -0.15) is 0 Å². The third-order valence-corrected chi connectivity index (χ3v) is 0.694. The summed E-state index contributed by atoms with van der Waals surface area (Å²) in [6.07, 6.45) is 0.688. The van der Waals surface area contributed by atoms with Crippen molar-refractivity contribution in [3.8, 4) is 0 Å². The molecule has 0 saturated heterocycles. The van der Waals surface area contributed by atoms with Crippen LogP contribution in [0, 0.1) is 0 Å². The van der Waals surface area contributed by atoms with Crippen LogP contribution in [0.3, 0.4) is 0 Å². The Balaban J connectivity index is 0. The van der Waals surface area contributed by atoms with E-state index in [1.807, 2.05) is 0 Å². The predicted octanol–water partition coefficient (Wildman–Crippen LogP) is 2.02. The molecule has 0 aliphatic rings. The van der Waals surface area contributed by atoms with E-state index >= 15 is 0 Å². The van der Waals surface area contributed by atoms with Crippen LogP contribution in [0.1, 0.15) is 0 Å². The van der Waals surface area contributed by atoms with E-state index in [0.29, 0.717) is 6.29 Å². The van der Waals surface area contributed by atoms with Crippen molar-refractivity contribution >= 4 is 54.1 Å². The average molecular weight is 329 g/mol. The summed E-state index contributed by atoms with van der Waals surface area (Å²) in [5, 5.41) is 0. The molecular formula is C2HBr3OTi. The van der Waals surface area contributed by atoms with E-state index in [9.17, 15) is 4.79 Å². The van der Waals surface area contributed by atoms with E-state index in [-0.39, 0.29) is 21.7 Å². The molecule has 7 heavy (non-hydrogen) atoms. The van der Waals surface area contributed by atoms with Gasteiger partial charge < -0.3 is 0 Å². The number of hydrogen-bond donors (Lipinski definition) is 0. The number of halogens is 3. The van der Waals surface area contributed by atoms with E-state index in [1.165, 1.54) is 0 Å². The van der Waals surface area contributed by atoms with Crippen LogP contribution in [-0.4, -0.2) is 8.43 Å². The van der Waals surface area contributed by atoms with Crippen molar-refractivity contribution in [3.05, 3.63) is 0 Å². The fraction of sp³-hybridized carbons (Fsp3) is 0.500. The molecule has 0 N–H and O–H groups in total. The molecule has 40 valence electrons. The quantitative estimate of drug-likeness (QED) is 0.378. The second-order valence-electron chi connectivity index (χ2n) is 0.659. The van der Waals surface area contributed by atoms with E-state index in [4.69, 9.17) is 0 Å². The molecule has 0 unspecified atom stereocenters. The third-order valence-electron chi connectivity index (χ3n) is 0.134. The van der Waals surface area contributed by atoms with E-state index in [2.05, 4.69) is 47.8 Å². The average Bonchev–Trinajstić information content (AvgIpc) is 1.35. The Kier molecular flexibility index (Phi) is 7.75. The summed E-state index contributed by atoms with van der Waals surface area (Å²) in [5.74, 6) is 0. The van der Waals surface area contributed by atoms with Gasteiger partial charge in [0.05, 0.1) is 0 Å². The van der Waals surface area contributed by atoms with Crippen LogP contribution in [0.25, 0.3) is 0 Å². The first-order valence-corrected chi connectivity index (χ1v) is 3.47. The van der Waals surface area contributed by atoms with Crippen molar-refractivity contribution in [3.63, 3.8) is 0 Å². The van der Waals surface area contributed by atoms with E-state index in [1.54, 1.807) is 0 Å². The van der Waals surface area contributed by atoms with Crippen LogP contribution in [0.4, 0.5) is 0 Å². The normalized spacial score (nSPS) is 9.57. The van der Waals surface area contributed by atoms with Gasteiger partial charge in [0.2, 0.25) is 0 Å². The molecule has 5 heteroatoms. The van der Waals surface area contributed by atoms with Gasteiger partial charge in [-0.05, 0) is 0 Å². The van der Waals surface area contributed by atoms with Crippen LogP contribution in [-0.2, 0) is 26.5 Å². The van der Waals surface area contributed by atoms with Crippen molar-refractivity contribution < 1.29 is 26.5 Å². The predicted molar refractivity (Wildman–Crippen MR) is 35.6 cm³/mol. The SMILES string of the molecule is O=CC(Br)(Br)Br.[Ti]. The van der Waals surface area contributed by atoms with Gasteiger partial charge in [0, 0.05) is 21.7 Å². The molecule has 0 aliphatic carbocycles. The first-order valence-electron chi connectivity index (χ1n) is 1.09. The molecule has 0 atom stereocenters. The Bertz CT molecular complexity index is 58.4. The monoisotopic (exact) mass is 326 g/mol. The van der Waals surface area contributed by atoms with Gasteiger partial charge in [-0.3, -0.25) is 4.79 Å². The molecular weight excluding hydrogens is 328 g/mol. The van der Waals surface area contributed by atoms with Crippen LogP contribution in [0.2, 0.25) is 0 Å². The molecule has 0 radical (unpaired) electrons. The third kappa shape index (κ3) is 11.4. The summed E-state index contributed by atoms with van der Waals surface area (Å²) in [4.78, 5) is 9.69. The molecule has 0 heterocycles. The molecule has 0 spiro atoms. The van der Waals surface area contributed by atoms with Gasteiger partial charge in [0.15, 0.2) is 8.43 Å².